The van der Waals surface area contributed by atoms with Crippen molar-refractivity contribution in [1.82, 2.24) is 84.7 Å². The Morgan fingerprint density at radius 3 is 1.18 bits per heavy atom. The Labute approximate surface area is 767 Å². The summed E-state index contributed by atoms with van der Waals surface area (Å²) in [5.74, 6) is -22.7. The molecule has 1 aliphatic heterocycles. The Hall–Kier alpha value is -11.8. The van der Waals surface area contributed by atoms with Crippen LogP contribution in [0.25, 0.3) is 0 Å². The lowest BCUT2D eigenvalue weighted by Crippen LogP contribution is -2.64. The fraction of sp³-hybridized carbons (Fsp3) is 0.613. The van der Waals surface area contributed by atoms with Crippen LogP contribution in [0, 0.1) is 17.2 Å². The highest BCUT2D eigenvalue weighted by molar-refractivity contribution is 7.81. The number of rotatable bonds is 57. The highest BCUT2D eigenvalue weighted by atomic mass is 32.1. The van der Waals surface area contributed by atoms with Crippen molar-refractivity contribution in [3.05, 3.63) is 59.7 Å². The summed E-state index contributed by atoms with van der Waals surface area (Å²) in [6.07, 6.45) is -9.52. The van der Waals surface area contributed by atoms with E-state index in [9.17, 15) is 117 Å². The van der Waals surface area contributed by atoms with Crippen molar-refractivity contribution >= 4 is 138 Å². The van der Waals surface area contributed by atoms with Gasteiger partial charge in [-0.25, -0.2) is 4.79 Å². The summed E-state index contributed by atoms with van der Waals surface area (Å²) < 4.78 is -1.50. The number of amides is 17. The maximum atomic E-state index is 14.7. The molecule has 1 fully saturated rings. The largest absolute Gasteiger partial charge is 0.508 e. The van der Waals surface area contributed by atoms with Crippen LogP contribution < -0.4 is 126 Å². The van der Waals surface area contributed by atoms with Gasteiger partial charge in [0.15, 0.2) is 5.96 Å². The zero-order valence-electron chi connectivity index (χ0n) is 74.2. The van der Waals surface area contributed by atoms with Crippen LogP contribution in [0.1, 0.15) is 131 Å². The number of β-amino-alcohol motifs (C(OH)–C–C–N with tert-alkyl or cyclic N) is 1. The molecule has 17 amide bonds. The van der Waals surface area contributed by atoms with Crippen molar-refractivity contribution < 1.29 is 117 Å². The molecule has 51 heteroatoms. The van der Waals surface area contributed by atoms with Gasteiger partial charge in [-0.15, -0.1) is 0 Å². The van der Waals surface area contributed by atoms with E-state index in [1.807, 2.05) is 0 Å². The molecule has 0 radical (unpaired) electrons. The van der Waals surface area contributed by atoms with Crippen molar-refractivity contribution in [1.29, 1.82) is 5.41 Å². The van der Waals surface area contributed by atoms with Crippen LogP contribution in [0.4, 0.5) is 0 Å². The van der Waals surface area contributed by atoms with Gasteiger partial charge in [-0.2, -0.15) is 25.3 Å². The van der Waals surface area contributed by atoms with Crippen LogP contribution in [0.2, 0.25) is 0 Å². The number of hydrogen-bond acceptors (Lipinski definition) is 31. The van der Waals surface area contributed by atoms with Gasteiger partial charge in [0.25, 0.3) is 0 Å². The van der Waals surface area contributed by atoms with E-state index < -0.39 is 283 Å². The molecule has 0 spiro atoms. The maximum Gasteiger partial charge on any atom is 0.326 e. The normalized spacial score (nSPS) is 17.2. The van der Waals surface area contributed by atoms with E-state index in [0.29, 0.717) is 5.56 Å². The predicted octanol–water partition coefficient (Wildman–Crippen LogP) is -11.4. The van der Waals surface area contributed by atoms with E-state index >= 15 is 0 Å². The number of carbonyl (C=O) groups excluding carboxylic acids is 17. The van der Waals surface area contributed by atoms with E-state index in [1.54, 1.807) is 27.7 Å². The Balaban J connectivity index is 1.91. The number of aliphatic carboxylic acids is 1. The van der Waals surface area contributed by atoms with Gasteiger partial charge in [0.05, 0.1) is 37.2 Å². The van der Waals surface area contributed by atoms with Crippen LogP contribution in [0.3, 0.4) is 0 Å². The number of phenolic OH excluding ortho intramolecular Hbond substituents is 2. The fourth-order valence-corrected chi connectivity index (χ4v) is 13.7. The molecule has 1 aliphatic rings. The second kappa shape index (κ2) is 55.4. The van der Waals surface area contributed by atoms with E-state index in [-0.39, 0.29) is 100.0 Å². The number of guanidine groups is 1. The van der Waals surface area contributed by atoms with Crippen molar-refractivity contribution in [2.24, 2.45) is 57.7 Å². The summed E-state index contributed by atoms with van der Waals surface area (Å²) in [6, 6.07) is -16.0. The first-order valence-corrected chi connectivity index (χ1v) is 43.4. The molecule has 2 aromatic carbocycles. The third-order valence-corrected chi connectivity index (χ3v) is 21.5. The number of carboxylic acid groups (broad SMARTS) is 1. The van der Waals surface area contributed by atoms with Gasteiger partial charge < -0.3 is 161 Å². The molecule has 38 N–H and O–H groups in total. The number of aliphatic hydroxyl groups excluding tert-OH is 3. The minimum Gasteiger partial charge on any atom is -0.508 e. The van der Waals surface area contributed by atoms with Gasteiger partial charge in [-0.05, 0) is 140 Å². The number of nitrogens with zero attached hydrogens (tertiary/aromatic N) is 1. The van der Waals surface area contributed by atoms with Gasteiger partial charge in [0.1, 0.15) is 102 Å². The Morgan fingerprint density at radius 2 is 0.809 bits per heavy atom. The molecule has 1 saturated heterocycles. The lowest BCUT2D eigenvalue weighted by Gasteiger charge is -2.34. The summed E-state index contributed by atoms with van der Waals surface area (Å²) in [6.45, 7) is 9.98. The number of benzene rings is 2. The molecule has 0 aromatic heterocycles. The number of aromatic hydroxyl groups is 2. The summed E-state index contributed by atoms with van der Waals surface area (Å²) in [7, 11) is 0. The van der Waals surface area contributed by atoms with Gasteiger partial charge >= 0.3 is 5.97 Å². The molecule has 49 nitrogen and oxygen atoms in total. The Morgan fingerprint density at radius 1 is 0.473 bits per heavy atom. The smallest absolute Gasteiger partial charge is 0.326 e. The Bertz CT molecular complexity index is 4270. The molecule has 20 atom stereocenters. The first-order valence-electron chi connectivity index (χ1n) is 42.3. The SMILES string of the molecule is CC[C@H](C)[C@H](NC(=O)[C@@H]1C[C@@H](O)CN1C(=O)[C@@H](N)C(C)C)C(=O)N[C@H](C(=O)N[C@@H](Cc1ccc(O)cc1)C(=O)N[C@H](C(=O)N[C@@H](CC(N)=O)C(=O)N[C@@H](CCCNC(=N)N)C(=O)N[C@@H](CCN)C(=O)N[C@H](C(=O)N[C@H](CCN)C(=O)N[C@@H](CC(N)=O)C(=O)N[C@@H](CCN)C(=O)N[C@@H](CCN)C(=O)N[C@@H](CS)C(=O)N[C@@H](Cc1ccc(O)cc1)C(=O)O)[C@@H](C)O)[C@@H](C)O)C(C)(C)S. The molecule has 732 valence electrons. The quantitative estimate of drug-likeness (QED) is 0.0127. The molecule has 1 heterocycles. The minimum atomic E-state index is -2.09. The average molecular weight is 1890 g/mol. The second-order valence-electron chi connectivity index (χ2n) is 32.6. The fourth-order valence-electron chi connectivity index (χ4n) is 13.2. The monoisotopic (exact) mass is 1890 g/mol. The number of primary amides is 2. The number of aliphatic hydroxyl groups is 3. The van der Waals surface area contributed by atoms with E-state index in [0.717, 1.165) is 18.7 Å². The van der Waals surface area contributed by atoms with Crippen molar-refractivity contribution in [3.8, 4) is 11.5 Å². The van der Waals surface area contributed by atoms with Gasteiger partial charge in [0, 0.05) is 42.9 Å². The number of nitrogens with two attached hydrogens (primary N) is 8. The standard InChI is InChI=1S/C80H131N25O24S2/c1-9-37(4)59(101-72(122)55-31-44(110)34-105(55)77(127)58(87)36(2)3)73(123)104-62(80(7,8)131)76(126)98-50(29-40-12-16-42(108)17-13-40)70(120)103-61(39(6)107)75(125)97-52(33-57(86)112)69(119)91-45(11-10-28-90-79(88)89)63(113)93-49(23-27-84)67(117)102-60(38(5)106)74(124)95-48(22-26-83)65(115)96-51(32-56(85)111)68(118)94-46(20-24-81)64(114)92-47(21-25-82)66(116)100-54(35-130)71(121)99-53(78(128)129)30-41-14-18-43(109)19-15-41/h12-19,36-39,44-55,58-62,106-110,130-131H,9-11,20-35,81-84,87H2,1-8H3,(H2,85,111)(H2,86,112)(H,91,119)(H,92,114)(H,93,113)(H,94,118)(H,95,124)(H,96,115)(H,97,125)(H,98,126)(H,99,121)(H,100,116)(H,101,122)(H,102,117)(H,103,120)(H,104,123)(H,128,129)(H4,88,89,90)/t37-,38+,39+,44+,45-,46-,47-,48+,49-,50-,51-,52-,53-,54-,55-,58-,59-,60-,61-,62+/m0/s1. The molecule has 131 heavy (non-hydrogen) atoms. The van der Waals surface area contributed by atoms with Crippen LogP contribution in [-0.2, 0) is 99.1 Å². The first kappa shape index (κ1) is 113. The lowest BCUT2D eigenvalue weighted by atomic mass is 9.95. The number of likely N-dealkylation sites (tertiary alicyclic amines) is 1. The average Bonchev–Trinajstić information content (AvgIpc) is 1.79. The number of phenols is 2. The third-order valence-electron chi connectivity index (χ3n) is 20.9. The summed E-state index contributed by atoms with van der Waals surface area (Å²) in [4.78, 5) is 251. The summed E-state index contributed by atoms with van der Waals surface area (Å²) in [5, 5.41) is 106. The van der Waals surface area contributed by atoms with Crippen molar-refractivity contribution in [2.75, 3.05) is 45.0 Å². The van der Waals surface area contributed by atoms with Crippen LogP contribution >= 0.6 is 25.3 Å². The zero-order valence-corrected chi connectivity index (χ0v) is 76.0. The van der Waals surface area contributed by atoms with E-state index in [1.165, 1.54) is 62.4 Å². The molecular weight excluding hydrogens is 1760 g/mol. The number of thiol groups is 2. The number of carboxylic acids is 1. The second-order valence-corrected chi connectivity index (χ2v) is 34.1. The molecule has 2 aromatic rings. The maximum absolute atomic E-state index is 14.7. The summed E-state index contributed by atoms with van der Waals surface area (Å²) >= 11 is 8.75. The van der Waals surface area contributed by atoms with Gasteiger partial charge in [-0.3, -0.25) is 86.9 Å². The number of hydrogen-bond donors (Lipinski definition) is 32. The molecule has 0 aliphatic carbocycles. The topological polar surface area (TPSA) is 844 Å². The predicted molar refractivity (Wildman–Crippen MR) is 478 cm³/mol. The minimum absolute atomic E-state index is 0.0979. The highest BCUT2D eigenvalue weighted by Crippen LogP contribution is 2.25. The zero-order chi connectivity index (χ0) is 99.2. The van der Waals surface area contributed by atoms with Crippen molar-refractivity contribution in [3.63, 3.8) is 0 Å². The highest BCUT2D eigenvalue weighted by Gasteiger charge is 2.46. The molecule has 0 unspecified atom stereocenters. The first-order chi connectivity index (χ1) is 61.4. The van der Waals surface area contributed by atoms with E-state index in [4.69, 9.17) is 51.3 Å². The molecule has 0 bridgehead atoms. The molecular formula is C80H131N25O24S2. The van der Waals surface area contributed by atoms with Gasteiger partial charge in [0.2, 0.25) is 100 Å². The lowest BCUT2D eigenvalue weighted by molar-refractivity contribution is -0.142. The molecule has 0 saturated carbocycles. The number of carbonyl (C=O) groups is 18. The summed E-state index contributed by atoms with van der Waals surface area (Å²) in [5.41, 5.74) is 46.8. The van der Waals surface area contributed by atoms with Crippen molar-refractivity contribution in [2.45, 2.75) is 252 Å². The van der Waals surface area contributed by atoms with E-state index in [2.05, 4.69) is 105 Å². The van der Waals surface area contributed by atoms with Crippen LogP contribution in [-0.4, -0.2) is 313 Å². The number of nitrogens with one attached hydrogen (secondary N) is 16. The molecule has 3 rings (SSSR count). The van der Waals surface area contributed by atoms with Crippen LogP contribution in [0.5, 0.6) is 11.5 Å². The van der Waals surface area contributed by atoms with Gasteiger partial charge in [-0.1, -0.05) is 58.4 Å². The Kier molecular flexibility index (Phi) is 47.9. The third kappa shape index (κ3) is 37.9. The van der Waals surface area contributed by atoms with Crippen LogP contribution in [0.15, 0.2) is 48.5 Å².